The van der Waals surface area contributed by atoms with Gasteiger partial charge in [0.1, 0.15) is 0 Å². The van der Waals surface area contributed by atoms with Gasteiger partial charge in [-0.2, -0.15) is 0 Å². The van der Waals surface area contributed by atoms with E-state index >= 15 is 0 Å². The van der Waals surface area contributed by atoms with Crippen molar-refractivity contribution in [2.75, 3.05) is 19.8 Å². The minimum absolute atomic E-state index is 0.0879. The number of benzene rings is 1. The molecule has 0 saturated heterocycles. The van der Waals surface area contributed by atoms with Gasteiger partial charge in [-0.05, 0) is 45.0 Å². The summed E-state index contributed by atoms with van der Waals surface area (Å²) in [5, 5.41) is 10.7. The first kappa shape index (κ1) is 18.3. The fourth-order valence-electron chi connectivity index (χ4n) is 2.29. The maximum atomic E-state index is 12.8. The Morgan fingerprint density at radius 3 is 2.29 bits per heavy atom. The molecule has 3 nitrogen and oxygen atoms in total. The van der Waals surface area contributed by atoms with Crippen LogP contribution >= 0.6 is 0 Å². The minimum atomic E-state index is -1.20. The van der Waals surface area contributed by atoms with Crippen LogP contribution in [0.2, 0.25) is 0 Å². The molecule has 4 heteroatoms. The zero-order chi connectivity index (χ0) is 16.2. The topological polar surface area (TPSA) is 40.5 Å². The highest BCUT2D eigenvalue weighted by Gasteiger charge is 2.32. The summed E-state index contributed by atoms with van der Waals surface area (Å²) in [4.78, 5) is 2.94. The lowest BCUT2D eigenvalue weighted by Crippen LogP contribution is -2.40. The van der Waals surface area contributed by atoms with Gasteiger partial charge in [0.05, 0.1) is 22.2 Å². The lowest BCUT2D eigenvalue weighted by atomic mass is 9.90. The van der Waals surface area contributed by atoms with Gasteiger partial charge in [-0.25, -0.2) is 0 Å². The molecule has 0 aliphatic carbocycles. The number of rotatable bonds is 7. The molecule has 0 fully saturated rings. The van der Waals surface area contributed by atoms with E-state index in [-0.39, 0.29) is 12.0 Å². The first-order valence-corrected chi connectivity index (χ1v) is 8.91. The van der Waals surface area contributed by atoms with Crippen molar-refractivity contribution in [2.24, 2.45) is 5.92 Å². The molecule has 21 heavy (non-hydrogen) atoms. The summed E-state index contributed by atoms with van der Waals surface area (Å²) >= 11 is 0. The van der Waals surface area contributed by atoms with Gasteiger partial charge in [0.25, 0.3) is 0 Å². The molecule has 1 rings (SSSR count). The molecule has 0 saturated carbocycles. The Morgan fingerprint density at radius 2 is 1.81 bits per heavy atom. The van der Waals surface area contributed by atoms with Gasteiger partial charge in [0.15, 0.2) is 0 Å². The monoisotopic (exact) mass is 311 g/mol. The second-order valence-electron chi connectivity index (χ2n) is 6.28. The fraction of sp³-hybridized carbons (Fsp3) is 0.647. The number of nitrogens with zero attached hydrogens (tertiary/aromatic N) is 1. The van der Waals surface area contributed by atoms with Gasteiger partial charge >= 0.3 is 0 Å². The maximum absolute atomic E-state index is 12.8. The highest BCUT2D eigenvalue weighted by molar-refractivity contribution is 7.85. The van der Waals surface area contributed by atoms with E-state index in [9.17, 15) is 9.32 Å². The van der Waals surface area contributed by atoms with E-state index in [0.29, 0.717) is 12.2 Å². The Morgan fingerprint density at radius 1 is 1.24 bits per heavy atom. The van der Waals surface area contributed by atoms with Crippen LogP contribution in [0.25, 0.3) is 0 Å². The Balaban J connectivity index is 3.09. The molecular formula is C17H29NO2S. The average molecular weight is 311 g/mol. The van der Waals surface area contributed by atoms with E-state index in [0.717, 1.165) is 10.5 Å². The fourth-order valence-corrected chi connectivity index (χ4v) is 4.17. The van der Waals surface area contributed by atoms with Crippen LogP contribution in [0.3, 0.4) is 0 Å². The van der Waals surface area contributed by atoms with Crippen LogP contribution in [-0.4, -0.2) is 39.7 Å². The van der Waals surface area contributed by atoms with Crippen molar-refractivity contribution in [2.45, 2.75) is 50.7 Å². The third-order valence-electron chi connectivity index (χ3n) is 4.46. The predicted octanol–water partition coefficient (Wildman–Crippen LogP) is 3.21. The second-order valence-corrected chi connectivity index (χ2v) is 7.70. The molecule has 0 spiro atoms. The summed E-state index contributed by atoms with van der Waals surface area (Å²) in [7, 11) is 2.83. The summed E-state index contributed by atoms with van der Waals surface area (Å²) in [6.45, 7) is 8.01. The first-order chi connectivity index (χ1) is 9.73. The number of aliphatic hydroxyl groups is 1. The summed E-state index contributed by atoms with van der Waals surface area (Å²) < 4.78 is 12.8. The van der Waals surface area contributed by atoms with Gasteiger partial charge in [-0.1, -0.05) is 39.0 Å². The normalized spacial score (nSPS) is 17.8. The molecule has 3 atom stereocenters. The Labute approximate surface area is 131 Å². The smallest absolute Gasteiger partial charge is 0.0786 e. The summed E-state index contributed by atoms with van der Waals surface area (Å²) in [5.41, 5.74) is 0.197. The van der Waals surface area contributed by atoms with E-state index in [1.807, 2.05) is 59.1 Å². The molecule has 1 aromatic rings. The van der Waals surface area contributed by atoms with Crippen molar-refractivity contribution in [3.05, 3.63) is 29.8 Å². The number of hydrogen-bond acceptors (Lipinski definition) is 3. The third kappa shape index (κ3) is 4.38. The molecule has 0 unspecified atom stereocenters. The van der Waals surface area contributed by atoms with E-state index < -0.39 is 16.4 Å². The highest BCUT2D eigenvalue weighted by Crippen LogP contribution is 2.28. The van der Waals surface area contributed by atoms with Crippen molar-refractivity contribution in [3.8, 4) is 0 Å². The minimum Gasteiger partial charge on any atom is -0.389 e. The molecule has 0 amide bonds. The van der Waals surface area contributed by atoms with Crippen LogP contribution in [0.1, 0.15) is 45.7 Å². The van der Waals surface area contributed by atoms with Crippen molar-refractivity contribution in [1.29, 1.82) is 0 Å². The molecule has 1 aromatic carbocycles. The zero-order valence-electron chi connectivity index (χ0n) is 14.1. The first-order valence-electron chi connectivity index (χ1n) is 7.59. The Kier molecular flexibility index (Phi) is 6.57. The molecule has 0 bridgehead atoms. The van der Waals surface area contributed by atoms with E-state index in [1.165, 1.54) is 0 Å². The van der Waals surface area contributed by atoms with Crippen molar-refractivity contribution in [1.82, 2.24) is 4.90 Å². The number of hydrogen-bond donors (Lipinski definition) is 1. The predicted molar refractivity (Wildman–Crippen MR) is 89.9 cm³/mol. The van der Waals surface area contributed by atoms with E-state index in [4.69, 9.17) is 0 Å². The van der Waals surface area contributed by atoms with Crippen LogP contribution in [0, 0.1) is 5.92 Å². The standard InChI is InChI=1S/C17H29NO2S/c1-7-17(19,13(2)3)12-21(20)16-11-9-8-10-15(16)14(4)18(5)6/h8-11,13-14,19H,7,12H2,1-6H3/t14-,17+,21+/m0/s1. The van der Waals surface area contributed by atoms with Crippen LogP contribution < -0.4 is 0 Å². The average Bonchev–Trinajstić information content (AvgIpc) is 2.45. The van der Waals surface area contributed by atoms with Gasteiger partial charge in [0, 0.05) is 10.9 Å². The van der Waals surface area contributed by atoms with E-state index in [1.54, 1.807) is 0 Å². The zero-order valence-corrected chi connectivity index (χ0v) is 14.9. The summed E-state index contributed by atoms with van der Waals surface area (Å²) in [5.74, 6) is 0.378. The van der Waals surface area contributed by atoms with Crippen molar-refractivity contribution >= 4 is 10.8 Å². The summed E-state index contributed by atoms with van der Waals surface area (Å²) in [6.07, 6.45) is 0.613. The molecule has 0 radical (unpaired) electrons. The molecule has 120 valence electrons. The van der Waals surface area contributed by atoms with Crippen LogP contribution in [0.4, 0.5) is 0 Å². The Hall–Kier alpha value is -0.710. The lowest BCUT2D eigenvalue weighted by molar-refractivity contribution is 0.0140. The molecule has 0 aliphatic rings. The summed E-state index contributed by atoms with van der Waals surface area (Å²) in [6, 6.07) is 8.03. The van der Waals surface area contributed by atoms with Gasteiger partial charge in [-0.3, -0.25) is 4.21 Å². The van der Waals surface area contributed by atoms with Crippen LogP contribution in [-0.2, 0) is 10.8 Å². The molecule has 1 N–H and O–H groups in total. The van der Waals surface area contributed by atoms with Crippen LogP contribution in [0.5, 0.6) is 0 Å². The molecular weight excluding hydrogens is 282 g/mol. The third-order valence-corrected chi connectivity index (χ3v) is 6.08. The largest absolute Gasteiger partial charge is 0.389 e. The lowest BCUT2D eigenvalue weighted by Gasteiger charge is -2.31. The quantitative estimate of drug-likeness (QED) is 0.840. The van der Waals surface area contributed by atoms with Gasteiger partial charge in [-0.15, -0.1) is 0 Å². The van der Waals surface area contributed by atoms with Gasteiger partial charge in [0.2, 0.25) is 0 Å². The maximum Gasteiger partial charge on any atom is 0.0786 e. The van der Waals surface area contributed by atoms with E-state index in [2.05, 4.69) is 11.8 Å². The molecule has 0 aromatic heterocycles. The molecule has 0 heterocycles. The van der Waals surface area contributed by atoms with Crippen molar-refractivity contribution < 1.29 is 9.32 Å². The highest BCUT2D eigenvalue weighted by atomic mass is 32.2. The van der Waals surface area contributed by atoms with Gasteiger partial charge < -0.3 is 10.0 Å². The van der Waals surface area contributed by atoms with Crippen molar-refractivity contribution in [3.63, 3.8) is 0 Å². The molecule has 0 aliphatic heterocycles. The Bertz CT molecular complexity index is 487. The SMILES string of the molecule is CC[C@@](O)(C[S@@](=O)c1ccccc1[C@H](C)N(C)C)C(C)C. The van der Waals surface area contributed by atoms with Crippen LogP contribution in [0.15, 0.2) is 29.2 Å². The second kappa shape index (κ2) is 7.52.